The first-order valence-electron chi connectivity index (χ1n) is 5.51. The Morgan fingerprint density at radius 3 is 2.78 bits per heavy atom. The lowest BCUT2D eigenvalue weighted by Crippen LogP contribution is -2.33. The molecule has 0 saturated carbocycles. The van der Waals surface area contributed by atoms with Gasteiger partial charge in [0.1, 0.15) is 12.2 Å². The highest BCUT2D eigenvalue weighted by Gasteiger charge is 2.29. The SMILES string of the molecule is CCC(O)CNC(=O)c1cccn1CC(F)(F)F. The van der Waals surface area contributed by atoms with Gasteiger partial charge in [-0.2, -0.15) is 13.2 Å². The number of halogens is 3. The molecule has 0 aromatic carbocycles. The van der Waals surface area contributed by atoms with Gasteiger partial charge in [0.25, 0.3) is 5.91 Å². The summed E-state index contributed by atoms with van der Waals surface area (Å²) in [7, 11) is 0. The van der Waals surface area contributed by atoms with Gasteiger partial charge in [-0.15, -0.1) is 0 Å². The summed E-state index contributed by atoms with van der Waals surface area (Å²) in [5.41, 5.74) is -0.0735. The van der Waals surface area contributed by atoms with Gasteiger partial charge in [0, 0.05) is 12.7 Å². The number of aromatic nitrogens is 1. The van der Waals surface area contributed by atoms with Crippen LogP contribution in [0.3, 0.4) is 0 Å². The quantitative estimate of drug-likeness (QED) is 0.847. The van der Waals surface area contributed by atoms with Crippen molar-refractivity contribution in [2.45, 2.75) is 32.2 Å². The fraction of sp³-hybridized carbons (Fsp3) is 0.545. The fourth-order valence-electron chi connectivity index (χ4n) is 1.40. The zero-order chi connectivity index (χ0) is 13.8. The third kappa shape index (κ3) is 4.40. The Labute approximate surface area is 102 Å². The van der Waals surface area contributed by atoms with Crippen LogP contribution in [0.1, 0.15) is 23.8 Å². The summed E-state index contributed by atoms with van der Waals surface area (Å²) in [5, 5.41) is 11.6. The lowest BCUT2D eigenvalue weighted by atomic mass is 10.3. The molecule has 0 radical (unpaired) electrons. The maximum absolute atomic E-state index is 12.2. The summed E-state index contributed by atoms with van der Waals surface area (Å²) in [5.74, 6) is -0.628. The third-order valence-electron chi connectivity index (χ3n) is 2.38. The number of nitrogens with one attached hydrogen (secondary N) is 1. The second-order valence-electron chi connectivity index (χ2n) is 3.91. The number of carbonyl (C=O) groups excluding carboxylic acids is 1. The smallest absolute Gasteiger partial charge is 0.391 e. The van der Waals surface area contributed by atoms with E-state index in [-0.39, 0.29) is 12.2 Å². The molecule has 1 atom stereocenters. The van der Waals surface area contributed by atoms with Crippen molar-refractivity contribution in [3.63, 3.8) is 0 Å². The van der Waals surface area contributed by atoms with Gasteiger partial charge >= 0.3 is 6.18 Å². The van der Waals surface area contributed by atoms with Crippen LogP contribution in [0.15, 0.2) is 18.3 Å². The monoisotopic (exact) mass is 264 g/mol. The second-order valence-corrected chi connectivity index (χ2v) is 3.91. The summed E-state index contributed by atoms with van der Waals surface area (Å²) < 4.78 is 37.5. The average Bonchev–Trinajstić information content (AvgIpc) is 2.70. The zero-order valence-corrected chi connectivity index (χ0v) is 9.87. The Bertz CT molecular complexity index is 401. The number of carbonyl (C=O) groups is 1. The van der Waals surface area contributed by atoms with Crippen LogP contribution >= 0.6 is 0 Å². The van der Waals surface area contributed by atoms with E-state index in [2.05, 4.69) is 5.32 Å². The topological polar surface area (TPSA) is 54.3 Å². The standard InChI is InChI=1S/C11H15F3N2O2/c1-2-8(17)6-15-10(18)9-4-3-5-16(9)7-11(12,13)14/h3-5,8,17H,2,6-7H2,1H3,(H,15,18). The third-order valence-corrected chi connectivity index (χ3v) is 2.38. The number of amides is 1. The van der Waals surface area contributed by atoms with Crippen molar-refractivity contribution in [1.82, 2.24) is 9.88 Å². The first-order valence-corrected chi connectivity index (χ1v) is 5.51. The molecule has 0 aliphatic heterocycles. The van der Waals surface area contributed by atoms with Crippen molar-refractivity contribution in [2.24, 2.45) is 0 Å². The van der Waals surface area contributed by atoms with Gasteiger partial charge in [-0.3, -0.25) is 4.79 Å². The molecule has 2 N–H and O–H groups in total. The van der Waals surface area contributed by atoms with Crippen LogP contribution in [0, 0.1) is 0 Å². The van der Waals surface area contributed by atoms with E-state index >= 15 is 0 Å². The van der Waals surface area contributed by atoms with E-state index < -0.39 is 24.7 Å². The number of alkyl halides is 3. The van der Waals surface area contributed by atoms with Crippen LogP contribution in [0.25, 0.3) is 0 Å². The van der Waals surface area contributed by atoms with Gasteiger partial charge in [0.05, 0.1) is 6.10 Å². The first kappa shape index (κ1) is 14.6. The van der Waals surface area contributed by atoms with Gasteiger partial charge in [-0.25, -0.2) is 0 Å². The first-order chi connectivity index (χ1) is 8.33. The van der Waals surface area contributed by atoms with E-state index in [1.807, 2.05) is 0 Å². The molecule has 102 valence electrons. The fourth-order valence-corrected chi connectivity index (χ4v) is 1.40. The predicted octanol–water partition coefficient (Wildman–Crippen LogP) is 1.55. The molecule has 1 rings (SSSR count). The lowest BCUT2D eigenvalue weighted by Gasteiger charge is -2.13. The van der Waals surface area contributed by atoms with E-state index in [4.69, 9.17) is 0 Å². The van der Waals surface area contributed by atoms with Gasteiger partial charge in [0.2, 0.25) is 0 Å². The lowest BCUT2D eigenvalue weighted by molar-refractivity contribution is -0.140. The molecule has 4 nitrogen and oxygen atoms in total. The zero-order valence-electron chi connectivity index (χ0n) is 9.87. The Hall–Kier alpha value is -1.50. The van der Waals surface area contributed by atoms with Crippen LogP contribution in [-0.4, -0.2) is 34.4 Å². The molecular formula is C11H15F3N2O2. The molecule has 0 bridgehead atoms. The molecule has 1 aromatic heterocycles. The molecule has 1 heterocycles. The van der Waals surface area contributed by atoms with Gasteiger partial charge in [0.15, 0.2) is 0 Å². The van der Waals surface area contributed by atoms with Crippen LogP contribution in [0.2, 0.25) is 0 Å². The van der Waals surface area contributed by atoms with E-state index in [9.17, 15) is 23.1 Å². The largest absolute Gasteiger partial charge is 0.406 e. The van der Waals surface area contributed by atoms with Crippen molar-refractivity contribution in [2.75, 3.05) is 6.54 Å². The van der Waals surface area contributed by atoms with Crippen molar-refractivity contribution < 1.29 is 23.1 Å². The summed E-state index contributed by atoms with van der Waals surface area (Å²) in [6.45, 7) is 0.550. The van der Waals surface area contributed by atoms with Crippen LogP contribution < -0.4 is 5.32 Å². The molecule has 0 fully saturated rings. The Kier molecular flexibility index (Phi) is 4.77. The van der Waals surface area contributed by atoms with Crippen molar-refractivity contribution in [3.8, 4) is 0 Å². The predicted molar refractivity (Wildman–Crippen MR) is 59.1 cm³/mol. The minimum Gasteiger partial charge on any atom is -0.391 e. The highest BCUT2D eigenvalue weighted by Crippen LogP contribution is 2.18. The Morgan fingerprint density at radius 2 is 2.22 bits per heavy atom. The van der Waals surface area contributed by atoms with Gasteiger partial charge in [-0.05, 0) is 18.6 Å². The van der Waals surface area contributed by atoms with E-state index in [0.717, 1.165) is 4.57 Å². The number of rotatable bonds is 5. The van der Waals surface area contributed by atoms with Crippen LogP contribution in [0.5, 0.6) is 0 Å². The highest BCUT2D eigenvalue weighted by molar-refractivity contribution is 5.92. The molecule has 1 amide bonds. The van der Waals surface area contributed by atoms with E-state index in [1.54, 1.807) is 6.92 Å². The molecule has 0 saturated heterocycles. The maximum atomic E-state index is 12.2. The Balaban J connectivity index is 2.66. The minimum absolute atomic E-state index is 0.0204. The molecular weight excluding hydrogens is 249 g/mol. The number of hydrogen-bond acceptors (Lipinski definition) is 2. The van der Waals surface area contributed by atoms with Crippen LogP contribution in [-0.2, 0) is 6.54 Å². The number of hydrogen-bond donors (Lipinski definition) is 2. The maximum Gasteiger partial charge on any atom is 0.406 e. The summed E-state index contributed by atoms with van der Waals surface area (Å²) in [6, 6.07) is 2.68. The molecule has 0 aliphatic rings. The summed E-state index contributed by atoms with van der Waals surface area (Å²) in [4.78, 5) is 11.6. The van der Waals surface area contributed by atoms with Crippen LogP contribution in [0.4, 0.5) is 13.2 Å². The average molecular weight is 264 g/mol. The van der Waals surface area contributed by atoms with Gasteiger partial charge in [-0.1, -0.05) is 6.92 Å². The summed E-state index contributed by atoms with van der Waals surface area (Å²) >= 11 is 0. The molecule has 18 heavy (non-hydrogen) atoms. The number of aliphatic hydroxyl groups is 1. The normalized spacial score (nSPS) is 13.4. The summed E-state index contributed by atoms with van der Waals surface area (Å²) in [6.07, 6.45) is -3.42. The van der Waals surface area contributed by atoms with Crippen molar-refractivity contribution >= 4 is 5.91 Å². The number of nitrogens with zero attached hydrogens (tertiary/aromatic N) is 1. The number of aliphatic hydroxyl groups excluding tert-OH is 1. The van der Waals surface area contributed by atoms with Crippen molar-refractivity contribution in [1.29, 1.82) is 0 Å². The highest BCUT2D eigenvalue weighted by atomic mass is 19.4. The molecule has 7 heteroatoms. The van der Waals surface area contributed by atoms with Gasteiger partial charge < -0.3 is 15.0 Å². The molecule has 0 spiro atoms. The van der Waals surface area contributed by atoms with E-state index in [1.165, 1.54) is 18.3 Å². The molecule has 1 unspecified atom stereocenters. The minimum atomic E-state index is -4.38. The second kappa shape index (κ2) is 5.90. The van der Waals surface area contributed by atoms with Crippen molar-refractivity contribution in [3.05, 3.63) is 24.0 Å². The van der Waals surface area contributed by atoms with E-state index in [0.29, 0.717) is 6.42 Å². The molecule has 1 aromatic rings. The molecule has 0 aliphatic carbocycles. The Morgan fingerprint density at radius 1 is 1.56 bits per heavy atom.